The van der Waals surface area contributed by atoms with E-state index in [0.29, 0.717) is 0 Å². The Kier molecular flexibility index (Phi) is 5.80. The van der Waals surface area contributed by atoms with Gasteiger partial charge in [0.1, 0.15) is 5.60 Å². The van der Waals surface area contributed by atoms with Crippen LogP contribution in [0.15, 0.2) is 0 Å². The molecule has 5 heteroatoms. The van der Waals surface area contributed by atoms with E-state index in [1.54, 1.807) is 0 Å². The molecule has 1 unspecified atom stereocenters. The Hall–Kier alpha value is 0.0569. The van der Waals surface area contributed by atoms with Crippen molar-refractivity contribution >= 4 is 8.56 Å². The van der Waals surface area contributed by atoms with Gasteiger partial charge in [-0.1, -0.05) is 6.92 Å². The highest BCUT2D eigenvalue weighted by Gasteiger charge is 2.42. The van der Waals surface area contributed by atoms with Gasteiger partial charge in [0.15, 0.2) is 6.29 Å². The van der Waals surface area contributed by atoms with Crippen LogP contribution in [0, 0.1) is 0 Å². The maximum atomic E-state index is 6.29. The van der Waals surface area contributed by atoms with E-state index in [-0.39, 0.29) is 12.4 Å². The molecule has 18 heavy (non-hydrogen) atoms. The zero-order chi connectivity index (χ0) is 13.8. The summed E-state index contributed by atoms with van der Waals surface area (Å²) in [6, 6.07) is 0.918. The summed E-state index contributed by atoms with van der Waals surface area (Å²) < 4.78 is 23.6. The standard InChI is InChI=1S/C13H28O4Si/c1-7-18(6,16-11(2)3)17-13(4,5)12-14-9-8-10-15-12/h11-12H,7-10H2,1-6H3. The third kappa shape index (κ3) is 4.62. The minimum Gasteiger partial charge on any atom is -0.392 e. The molecule has 1 aliphatic rings. The van der Waals surface area contributed by atoms with Gasteiger partial charge in [0.05, 0.1) is 13.2 Å². The van der Waals surface area contributed by atoms with Gasteiger partial charge in [-0.05, 0) is 46.7 Å². The van der Waals surface area contributed by atoms with Gasteiger partial charge in [-0.25, -0.2) is 0 Å². The molecule has 1 atom stereocenters. The first-order valence-corrected chi connectivity index (χ1v) is 9.42. The molecule has 108 valence electrons. The maximum absolute atomic E-state index is 6.29. The molecule has 0 spiro atoms. The highest BCUT2D eigenvalue weighted by atomic mass is 28.4. The van der Waals surface area contributed by atoms with Gasteiger partial charge in [-0.3, -0.25) is 0 Å². The molecular formula is C13H28O4Si. The molecule has 0 amide bonds. The lowest BCUT2D eigenvalue weighted by Gasteiger charge is -2.42. The zero-order valence-corrected chi connectivity index (χ0v) is 13.6. The Morgan fingerprint density at radius 1 is 1.28 bits per heavy atom. The summed E-state index contributed by atoms with van der Waals surface area (Å²) in [7, 11) is -2.17. The second-order valence-electron chi connectivity index (χ2n) is 5.79. The Morgan fingerprint density at radius 3 is 2.28 bits per heavy atom. The minimum atomic E-state index is -2.17. The fourth-order valence-electron chi connectivity index (χ4n) is 2.17. The van der Waals surface area contributed by atoms with Crippen molar-refractivity contribution in [2.24, 2.45) is 0 Å². The number of ether oxygens (including phenoxy) is 2. The van der Waals surface area contributed by atoms with Gasteiger partial charge in [0.25, 0.3) is 0 Å². The van der Waals surface area contributed by atoms with E-state index >= 15 is 0 Å². The topological polar surface area (TPSA) is 36.9 Å². The molecule has 1 heterocycles. The van der Waals surface area contributed by atoms with Crippen LogP contribution in [0.4, 0.5) is 0 Å². The SMILES string of the molecule is CC[Si](C)(OC(C)C)OC(C)(C)C1OCCCO1. The van der Waals surface area contributed by atoms with Crippen molar-refractivity contribution in [2.45, 2.75) is 71.6 Å². The second-order valence-corrected chi connectivity index (χ2v) is 9.20. The van der Waals surface area contributed by atoms with E-state index in [9.17, 15) is 0 Å². The fraction of sp³-hybridized carbons (Fsp3) is 1.00. The minimum absolute atomic E-state index is 0.186. The van der Waals surface area contributed by atoms with Gasteiger partial charge < -0.3 is 18.3 Å². The van der Waals surface area contributed by atoms with E-state index in [0.717, 1.165) is 25.7 Å². The van der Waals surface area contributed by atoms with E-state index in [4.69, 9.17) is 18.3 Å². The fourth-order valence-corrected chi connectivity index (χ4v) is 4.74. The number of rotatable bonds is 6. The van der Waals surface area contributed by atoms with Crippen molar-refractivity contribution in [2.75, 3.05) is 13.2 Å². The van der Waals surface area contributed by atoms with Crippen LogP contribution in [0.5, 0.6) is 0 Å². The summed E-state index contributed by atoms with van der Waals surface area (Å²) in [4.78, 5) is 0. The van der Waals surface area contributed by atoms with Crippen molar-refractivity contribution in [3.05, 3.63) is 0 Å². The summed E-state index contributed by atoms with van der Waals surface area (Å²) in [6.07, 6.45) is 0.850. The lowest BCUT2D eigenvalue weighted by molar-refractivity contribution is -0.249. The lowest BCUT2D eigenvalue weighted by atomic mass is 10.1. The molecule has 0 aromatic rings. The first-order valence-electron chi connectivity index (χ1n) is 6.90. The predicted molar refractivity (Wildman–Crippen MR) is 73.8 cm³/mol. The highest BCUT2D eigenvalue weighted by molar-refractivity contribution is 6.66. The maximum Gasteiger partial charge on any atom is 0.335 e. The normalized spacial score (nSPS) is 22.2. The first-order chi connectivity index (χ1) is 8.29. The number of hydrogen-bond donors (Lipinski definition) is 0. The Labute approximate surface area is 112 Å². The van der Waals surface area contributed by atoms with Crippen molar-refractivity contribution in [3.8, 4) is 0 Å². The highest BCUT2D eigenvalue weighted by Crippen LogP contribution is 2.29. The van der Waals surface area contributed by atoms with Crippen molar-refractivity contribution in [1.82, 2.24) is 0 Å². The molecular weight excluding hydrogens is 248 g/mol. The monoisotopic (exact) mass is 276 g/mol. The van der Waals surface area contributed by atoms with Crippen molar-refractivity contribution in [3.63, 3.8) is 0 Å². The summed E-state index contributed by atoms with van der Waals surface area (Å²) in [5.41, 5.74) is -0.466. The van der Waals surface area contributed by atoms with Gasteiger partial charge in [-0.15, -0.1) is 0 Å². The summed E-state index contributed by atoms with van der Waals surface area (Å²) in [6.45, 7) is 13.8. The molecule has 0 radical (unpaired) electrons. The van der Waals surface area contributed by atoms with E-state index in [2.05, 4.69) is 13.5 Å². The van der Waals surface area contributed by atoms with Crippen LogP contribution in [0.3, 0.4) is 0 Å². The van der Waals surface area contributed by atoms with Crippen LogP contribution in [-0.4, -0.2) is 39.8 Å². The Balaban J connectivity index is 2.65. The summed E-state index contributed by atoms with van der Waals surface area (Å²) in [5, 5.41) is 0. The van der Waals surface area contributed by atoms with Gasteiger partial charge in [0, 0.05) is 6.10 Å². The van der Waals surface area contributed by atoms with Gasteiger partial charge in [-0.2, -0.15) is 0 Å². The molecule has 0 aliphatic carbocycles. The van der Waals surface area contributed by atoms with Crippen LogP contribution in [0.25, 0.3) is 0 Å². The lowest BCUT2D eigenvalue weighted by Crippen LogP contribution is -2.54. The number of hydrogen-bond acceptors (Lipinski definition) is 4. The molecule has 0 aromatic carbocycles. The summed E-state index contributed by atoms with van der Waals surface area (Å²) in [5.74, 6) is 0. The predicted octanol–water partition coefficient (Wildman–Crippen LogP) is 3.06. The molecule has 1 fully saturated rings. The van der Waals surface area contributed by atoms with Crippen LogP contribution in [-0.2, 0) is 18.3 Å². The summed E-state index contributed by atoms with van der Waals surface area (Å²) >= 11 is 0. The van der Waals surface area contributed by atoms with Crippen LogP contribution < -0.4 is 0 Å². The average molecular weight is 276 g/mol. The zero-order valence-electron chi connectivity index (χ0n) is 12.6. The largest absolute Gasteiger partial charge is 0.392 e. The van der Waals surface area contributed by atoms with E-state index in [1.807, 2.05) is 27.7 Å². The molecule has 4 nitrogen and oxygen atoms in total. The molecule has 1 saturated heterocycles. The molecule has 0 N–H and O–H groups in total. The smallest absolute Gasteiger partial charge is 0.335 e. The first kappa shape index (κ1) is 16.1. The third-order valence-electron chi connectivity index (χ3n) is 3.00. The van der Waals surface area contributed by atoms with Crippen LogP contribution in [0.2, 0.25) is 12.6 Å². The molecule has 1 rings (SSSR count). The Bertz CT molecular complexity index is 251. The quantitative estimate of drug-likeness (QED) is 0.699. The molecule has 1 aliphatic heterocycles. The van der Waals surface area contributed by atoms with E-state index < -0.39 is 14.2 Å². The molecule has 0 bridgehead atoms. The average Bonchev–Trinajstić information content (AvgIpc) is 2.28. The molecule has 0 saturated carbocycles. The second kappa shape index (κ2) is 6.48. The van der Waals surface area contributed by atoms with E-state index in [1.165, 1.54) is 0 Å². The van der Waals surface area contributed by atoms with Crippen LogP contribution >= 0.6 is 0 Å². The van der Waals surface area contributed by atoms with Gasteiger partial charge >= 0.3 is 8.56 Å². The van der Waals surface area contributed by atoms with Gasteiger partial charge in [0.2, 0.25) is 0 Å². The van der Waals surface area contributed by atoms with Crippen molar-refractivity contribution in [1.29, 1.82) is 0 Å². The Morgan fingerprint density at radius 2 is 1.83 bits per heavy atom. The van der Waals surface area contributed by atoms with Crippen molar-refractivity contribution < 1.29 is 18.3 Å². The van der Waals surface area contributed by atoms with Crippen LogP contribution in [0.1, 0.15) is 41.0 Å². The third-order valence-corrected chi connectivity index (χ3v) is 6.21. The molecule has 0 aromatic heterocycles.